The lowest BCUT2D eigenvalue weighted by molar-refractivity contribution is 0.0139. The number of nitrogens with zero attached hydrogens (tertiary/aromatic N) is 2. The van der Waals surface area contributed by atoms with Crippen LogP contribution in [-0.4, -0.2) is 54.3 Å². The molecule has 0 atom stereocenters. The molecule has 0 radical (unpaired) electrons. The van der Waals surface area contributed by atoms with Crippen molar-refractivity contribution >= 4 is 6.09 Å². The number of hydrogen-bond donors (Lipinski definition) is 0. The van der Waals surface area contributed by atoms with E-state index >= 15 is 0 Å². The maximum atomic E-state index is 13.3. The van der Waals surface area contributed by atoms with Crippen LogP contribution in [0, 0.1) is 12.7 Å². The maximum Gasteiger partial charge on any atom is 0.410 e. The van der Waals surface area contributed by atoms with E-state index in [-0.39, 0.29) is 11.9 Å². The van der Waals surface area contributed by atoms with E-state index in [1.807, 2.05) is 20.8 Å². The summed E-state index contributed by atoms with van der Waals surface area (Å²) in [4.78, 5) is 16.3. The Bertz CT molecular complexity index is 869. The van der Waals surface area contributed by atoms with Gasteiger partial charge in [-0.2, -0.15) is 0 Å². The molecular weight excluding hydrogens is 395 g/mol. The molecule has 0 saturated carbocycles. The Morgan fingerprint density at radius 3 is 2.26 bits per heavy atom. The number of hydrogen-bond acceptors (Lipinski definition) is 4. The van der Waals surface area contributed by atoms with Crippen molar-refractivity contribution < 1.29 is 18.7 Å². The second-order valence-corrected chi connectivity index (χ2v) is 9.07. The third kappa shape index (κ3) is 7.24. The number of benzene rings is 2. The summed E-state index contributed by atoms with van der Waals surface area (Å²) in [5.74, 6) is 0.482. The zero-order chi connectivity index (χ0) is 22.4. The van der Waals surface area contributed by atoms with Crippen molar-refractivity contribution in [2.24, 2.45) is 0 Å². The molecule has 168 valence electrons. The monoisotopic (exact) mass is 428 g/mol. The quantitative estimate of drug-likeness (QED) is 0.662. The molecule has 0 aliphatic carbocycles. The van der Waals surface area contributed by atoms with Gasteiger partial charge in [-0.1, -0.05) is 24.3 Å². The molecule has 0 unspecified atom stereocenters. The lowest BCUT2D eigenvalue weighted by Gasteiger charge is -2.35. The van der Waals surface area contributed by atoms with Crippen molar-refractivity contribution in [2.45, 2.75) is 46.3 Å². The summed E-state index contributed by atoms with van der Waals surface area (Å²) >= 11 is 0. The normalized spacial score (nSPS) is 15.1. The summed E-state index contributed by atoms with van der Waals surface area (Å²) in [6.45, 7) is 11.9. The summed E-state index contributed by atoms with van der Waals surface area (Å²) in [7, 11) is 0. The van der Waals surface area contributed by atoms with Gasteiger partial charge in [0.15, 0.2) is 0 Å². The summed E-state index contributed by atoms with van der Waals surface area (Å²) in [5, 5.41) is 0. The van der Waals surface area contributed by atoms with Gasteiger partial charge in [-0.05, 0) is 62.6 Å². The summed E-state index contributed by atoms with van der Waals surface area (Å²) < 4.78 is 24.5. The van der Waals surface area contributed by atoms with E-state index in [1.165, 1.54) is 17.2 Å². The second kappa shape index (κ2) is 10.1. The fourth-order valence-corrected chi connectivity index (χ4v) is 3.48. The highest BCUT2D eigenvalue weighted by atomic mass is 19.1. The van der Waals surface area contributed by atoms with Crippen molar-refractivity contribution in [3.8, 4) is 5.75 Å². The molecule has 0 bridgehead atoms. The molecule has 1 saturated heterocycles. The molecule has 6 heteroatoms. The van der Waals surface area contributed by atoms with Crippen molar-refractivity contribution in [3.63, 3.8) is 0 Å². The van der Waals surface area contributed by atoms with Gasteiger partial charge in [0, 0.05) is 39.1 Å². The molecule has 31 heavy (non-hydrogen) atoms. The zero-order valence-corrected chi connectivity index (χ0v) is 19.0. The number of amides is 1. The number of halogens is 1. The van der Waals surface area contributed by atoms with Crippen LogP contribution in [0.25, 0.3) is 0 Å². The SMILES string of the molecule is Cc1cc(OCCc2ccc(CN3CCN(C(=O)OC(C)(C)C)CC3)cc2)ccc1F. The van der Waals surface area contributed by atoms with Crippen molar-refractivity contribution in [3.05, 3.63) is 65.0 Å². The van der Waals surface area contributed by atoms with Crippen LogP contribution in [0.3, 0.4) is 0 Å². The van der Waals surface area contributed by atoms with Gasteiger partial charge in [0.1, 0.15) is 17.2 Å². The molecule has 0 N–H and O–H groups in total. The Balaban J connectivity index is 1.40. The van der Waals surface area contributed by atoms with Gasteiger partial charge in [0.2, 0.25) is 0 Å². The molecule has 3 rings (SSSR count). The Hall–Kier alpha value is -2.60. The van der Waals surface area contributed by atoms with Crippen molar-refractivity contribution in [1.29, 1.82) is 0 Å². The lowest BCUT2D eigenvalue weighted by Crippen LogP contribution is -2.49. The predicted molar refractivity (Wildman–Crippen MR) is 120 cm³/mol. The third-order valence-electron chi connectivity index (χ3n) is 5.24. The minimum atomic E-state index is -0.459. The van der Waals surface area contributed by atoms with Gasteiger partial charge in [0.25, 0.3) is 0 Å². The van der Waals surface area contributed by atoms with E-state index in [1.54, 1.807) is 24.0 Å². The standard InChI is InChI=1S/C25H33FN2O3/c1-19-17-22(9-10-23(19)26)30-16-11-20-5-7-21(8-6-20)18-27-12-14-28(15-13-27)24(29)31-25(2,3)4/h5-10,17H,11-16,18H2,1-4H3. The average Bonchev–Trinajstić information content (AvgIpc) is 2.71. The second-order valence-electron chi connectivity index (χ2n) is 9.07. The average molecular weight is 429 g/mol. The lowest BCUT2D eigenvalue weighted by atomic mass is 10.1. The minimum Gasteiger partial charge on any atom is -0.493 e. The molecule has 2 aromatic rings. The Kier molecular flexibility index (Phi) is 7.55. The first-order valence-corrected chi connectivity index (χ1v) is 10.9. The summed E-state index contributed by atoms with van der Waals surface area (Å²) in [6, 6.07) is 13.4. The molecule has 0 spiro atoms. The van der Waals surface area contributed by atoms with E-state index in [0.29, 0.717) is 31.0 Å². The van der Waals surface area contributed by atoms with E-state index in [2.05, 4.69) is 29.2 Å². The molecule has 0 aromatic heterocycles. The molecule has 2 aromatic carbocycles. The minimum absolute atomic E-state index is 0.214. The number of carbonyl (C=O) groups is 1. The van der Waals surface area contributed by atoms with Gasteiger partial charge < -0.3 is 14.4 Å². The Morgan fingerprint density at radius 2 is 1.65 bits per heavy atom. The van der Waals surface area contributed by atoms with Crippen LogP contribution in [0.5, 0.6) is 5.75 Å². The van der Waals surface area contributed by atoms with E-state index in [0.717, 1.165) is 26.1 Å². The summed E-state index contributed by atoms with van der Waals surface area (Å²) in [5.41, 5.74) is 2.59. The van der Waals surface area contributed by atoms with Crippen LogP contribution < -0.4 is 4.74 Å². The van der Waals surface area contributed by atoms with E-state index in [4.69, 9.17) is 9.47 Å². The fourth-order valence-electron chi connectivity index (χ4n) is 3.48. The molecule has 5 nitrogen and oxygen atoms in total. The third-order valence-corrected chi connectivity index (χ3v) is 5.24. The fraction of sp³-hybridized carbons (Fsp3) is 0.480. The smallest absolute Gasteiger partial charge is 0.410 e. The number of piperazine rings is 1. The molecule has 1 heterocycles. The molecule has 1 aliphatic heterocycles. The number of rotatable bonds is 6. The van der Waals surface area contributed by atoms with E-state index < -0.39 is 5.60 Å². The maximum absolute atomic E-state index is 13.3. The number of aryl methyl sites for hydroxylation is 1. The highest BCUT2D eigenvalue weighted by molar-refractivity contribution is 5.68. The van der Waals surface area contributed by atoms with Crippen molar-refractivity contribution in [1.82, 2.24) is 9.80 Å². The highest BCUT2D eigenvalue weighted by Crippen LogP contribution is 2.17. The molecule has 1 aliphatic rings. The van der Waals surface area contributed by atoms with Crippen LogP contribution in [-0.2, 0) is 17.7 Å². The Labute approximate surface area is 184 Å². The molecular formula is C25H33FN2O3. The number of ether oxygens (including phenoxy) is 2. The van der Waals surface area contributed by atoms with Gasteiger partial charge in [-0.3, -0.25) is 4.90 Å². The first-order valence-electron chi connectivity index (χ1n) is 10.9. The van der Waals surface area contributed by atoms with Crippen LogP contribution in [0.15, 0.2) is 42.5 Å². The van der Waals surface area contributed by atoms with Crippen LogP contribution >= 0.6 is 0 Å². The van der Waals surface area contributed by atoms with E-state index in [9.17, 15) is 9.18 Å². The van der Waals surface area contributed by atoms with Crippen LogP contribution in [0.1, 0.15) is 37.5 Å². The highest BCUT2D eigenvalue weighted by Gasteiger charge is 2.25. The topological polar surface area (TPSA) is 42.0 Å². The van der Waals surface area contributed by atoms with Gasteiger partial charge in [-0.25, -0.2) is 9.18 Å². The number of carbonyl (C=O) groups excluding carboxylic acids is 1. The van der Waals surface area contributed by atoms with Gasteiger partial charge in [0.05, 0.1) is 6.61 Å². The van der Waals surface area contributed by atoms with Crippen LogP contribution in [0.2, 0.25) is 0 Å². The largest absolute Gasteiger partial charge is 0.493 e. The van der Waals surface area contributed by atoms with Gasteiger partial charge in [-0.15, -0.1) is 0 Å². The van der Waals surface area contributed by atoms with Crippen LogP contribution in [0.4, 0.5) is 9.18 Å². The first-order chi connectivity index (χ1) is 14.7. The van der Waals surface area contributed by atoms with Crippen molar-refractivity contribution in [2.75, 3.05) is 32.8 Å². The molecule has 1 amide bonds. The molecule has 1 fully saturated rings. The Morgan fingerprint density at radius 1 is 1.00 bits per heavy atom. The predicted octanol–water partition coefficient (Wildman–Crippen LogP) is 4.81. The first kappa shape index (κ1) is 23.1. The zero-order valence-electron chi connectivity index (χ0n) is 19.0. The van der Waals surface area contributed by atoms with Gasteiger partial charge >= 0.3 is 6.09 Å². The summed E-state index contributed by atoms with van der Waals surface area (Å²) in [6.07, 6.45) is 0.570.